The number of hydrogen-bond donors (Lipinski definition) is 0. The van der Waals surface area contributed by atoms with Gasteiger partial charge in [-0.25, -0.2) is 8.78 Å². The van der Waals surface area contributed by atoms with Gasteiger partial charge in [0, 0.05) is 35.7 Å². The molecule has 0 N–H and O–H groups in total. The molecule has 1 unspecified atom stereocenters. The largest absolute Gasteiger partial charge is 0.294 e. The van der Waals surface area contributed by atoms with E-state index < -0.39 is 11.7 Å². The van der Waals surface area contributed by atoms with Crippen molar-refractivity contribution in [3.05, 3.63) is 77.0 Å². The van der Waals surface area contributed by atoms with Gasteiger partial charge in [-0.05, 0) is 53.8 Å². The van der Waals surface area contributed by atoms with E-state index in [1.54, 1.807) is 29.2 Å². The number of allylic oxidation sites excluding steroid dienone is 2. The van der Waals surface area contributed by atoms with Crippen LogP contribution in [-0.4, -0.2) is 11.7 Å². The van der Waals surface area contributed by atoms with Crippen molar-refractivity contribution in [2.75, 3.05) is 4.90 Å². The topological polar surface area (TPSA) is 37.4 Å². The van der Waals surface area contributed by atoms with Crippen LogP contribution in [-0.2, 0) is 9.59 Å². The number of ketones is 1. The second-order valence-electron chi connectivity index (χ2n) is 8.32. The highest BCUT2D eigenvalue weighted by Crippen LogP contribution is 2.48. The fourth-order valence-electron chi connectivity index (χ4n) is 4.31. The monoisotopic (exact) mass is 381 g/mol. The fraction of sp³-hybridized carbons (Fsp3) is 0.304. The summed E-state index contributed by atoms with van der Waals surface area (Å²) in [6.07, 6.45) is 0.998. The number of nitrogens with zero attached hydrogens (tertiary/aromatic N) is 1. The Morgan fingerprint density at radius 1 is 0.964 bits per heavy atom. The molecular weight excluding hydrogens is 360 g/mol. The Hall–Kier alpha value is -2.82. The van der Waals surface area contributed by atoms with Crippen molar-refractivity contribution in [1.29, 1.82) is 0 Å². The average molecular weight is 381 g/mol. The highest BCUT2D eigenvalue weighted by Gasteiger charge is 2.44. The molecule has 1 amide bonds. The highest BCUT2D eigenvalue weighted by atomic mass is 19.1. The summed E-state index contributed by atoms with van der Waals surface area (Å²) in [6.45, 7) is 3.99. The lowest BCUT2D eigenvalue weighted by atomic mass is 9.69. The van der Waals surface area contributed by atoms with Crippen molar-refractivity contribution < 1.29 is 18.4 Å². The van der Waals surface area contributed by atoms with Gasteiger partial charge in [-0.1, -0.05) is 26.0 Å². The molecule has 144 valence electrons. The van der Waals surface area contributed by atoms with Crippen LogP contribution >= 0.6 is 0 Å². The molecule has 2 aromatic rings. The van der Waals surface area contributed by atoms with Gasteiger partial charge in [-0.15, -0.1) is 0 Å². The molecule has 0 fully saturated rings. The van der Waals surface area contributed by atoms with Gasteiger partial charge < -0.3 is 0 Å². The number of benzene rings is 2. The molecule has 0 aromatic heterocycles. The second kappa shape index (κ2) is 6.66. The van der Waals surface area contributed by atoms with Gasteiger partial charge in [0.25, 0.3) is 0 Å². The van der Waals surface area contributed by atoms with Crippen molar-refractivity contribution in [2.45, 2.75) is 39.0 Å². The summed E-state index contributed by atoms with van der Waals surface area (Å²) in [5.41, 5.74) is 2.11. The molecule has 1 heterocycles. The van der Waals surface area contributed by atoms with Crippen molar-refractivity contribution >= 4 is 17.4 Å². The van der Waals surface area contributed by atoms with E-state index in [0.29, 0.717) is 35.4 Å². The summed E-state index contributed by atoms with van der Waals surface area (Å²) in [7, 11) is 0. The van der Waals surface area contributed by atoms with Gasteiger partial charge >= 0.3 is 0 Å². The predicted molar refractivity (Wildman–Crippen MR) is 103 cm³/mol. The molecule has 0 spiro atoms. The molecule has 0 radical (unpaired) electrons. The lowest BCUT2D eigenvalue weighted by Crippen LogP contribution is -2.43. The molecule has 0 saturated heterocycles. The van der Waals surface area contributed by atoms with Crippen LogP contribution in [0.2, 0.25) is 0 Å². The van der Waals surface area contributed by atoms with E-state index in [9.17, 15) is 18.4 Å². The SMILES string of the molecule is CC1(C)CC(=O)C2=C(C1)N(c1ccc(F)cc1)C(=O)CC2c1cccc(F)c1. The molecule has 28 heavy (non-hydrogen) atoms. The molecule has 1 aliphatic carbocycles. The van der Waals surface area contributed by atoms with Crippen molar-refractivity contribution in [3.63, 3.8) is 0 Å². The van der Waals surface area contributed by atoms with Crippen LogP contribution in [0.15, 0.2) is 59.8 Å². The molecule has 0 bridgehead atoms. The maximum absolute atomic E-state index is 13.8. The summed E-state index contributed by atoms with van der Waals surface area (Å²) in [5.74, 6) is -1.43. The van der Waals surface area contributed by atoms with Crippen molar-refractivity contribution in [2.24, 2.45) is 5.41 Å². The molecule has 0 saturated carbocycles. The summed E-state index contributed by atoms with van der Waals surface area (Å²) in [6, 6.07) is 11.8. The standard InChI is InChI=1S/C23H21F2NO2/c1-23(2)12-19-22(20(27)13-23)18(14-4-3-5-16(25)10-14)11-21(28)26(19)17-8-6-15(24)7-9-17/h3-10,18H,11-13H2,1-2H3. The molecule has 5 heteroatoms. The van der Waals surface area contributed by atoms with Crippen LogP contribution in [0.1, 0.15) is 44.6 Å². The van der Waals surface area contributed by atoms with Gasteiger partial charge in [0.1, 0.15) is 11.6 Å². The number of carbonyl (C=O) groups excluding carboxylic acids is 2. The third kappa shape index (κ3) is 3.26. The maximum atomic E-state index is 13.8. The zero-order chi connectivity index (χ0) is 20.1. The van der Waals surface area contributed by atoms with E-state index in [4.69, 9.17) is 0 Å². The molecule has 2 aliphatic rings. The van der Waals surface area contributed by atoms with Crippen LogP contribution in [0.5, 0.6) is 0 Å². The number of halogens is 2. The Balaban J connectivity index is 1.89. The summed E-state index contributed by atoms with van der Waals surface area (Å²) < 4.78 is 27.2. The zero-order valence-electron chi connectivity index (χ0n) is 15.8. The molecular formula is C23H21F2NO2. The number of amides is 1. The third-order valence-electron chi connectivity index (χ3n) is 5.48. The Labute approximate surface area is 162 Å². The van der Waals surface area contributed by atoms with E-state index >= 15 is 0 Å². The minimum absolute atomic E-state index is 0.0138. The smallest absolute Gasteiger partial charge is 0.232 e. The van der Waals surface area contributed by atoms with Crippen LogP contribution in [0.3, 0.4) is 0 Å². The summed E-state index contributed by atoms with van der Waals surface area (Å²) in [5, 5.41) is 0. The van der Waals surface area contributed by atoms with E-state index in [0.717, 1.165) is 0 Å². The first kappa shape index (κ1) is 18.5. The van der Waals surface area contributed by atoms with Crippen molar-refractivity contribution in [1.82, 2.24) is 0 Å². The highest BCUT2D eigenvalue weighted by molar-refractivity contribution is 6.07. The molecule has 3 nitrogen and oxygen atoms in total. The van der Waals surface area contributed by atoms with E-state index in [2.05, 4.69) is 0 Å². The Morgan fingerprint density at radius 3 is 2.36 bits per heavy atom. The second-order valence-corrected chi connectivity index (χ2v) is 8.32. The normalized spacial score (nSPS) is 21.7. The Morgan fingerprint density at radius 2 is 1.68 bits per heavy atom. The van der Waals surface area contributed by atoms with E-state index in [1.807, 2.05) is 13.8 Å². The van der Waals surface area contributed by atoms with E-state index in [-0.39, 0.29) is 29.3 Å². The van der Waals surface area contributed by atoms with Crippen LogP contribution in [0.4, 0.5) is 14.5 Å². The van der Waals surface area contributed by atoms with Gasteiger partial charge in [-0.2, -0.15) is 0 Å². The van der Waals surface area contributed by atoms with Crippen molar-refractivity contribution in [3.8, 4) is 0 Å². The number of anilines is 1. The van der Waals surface area contributed by atoms with Gasteiger partial charge in [-0.3, -0.25) is 14.5 Å². The molecule has 4 rings (SSSR count). The third-order valence-corrected chi connectivity index (χ3v) is 5.48. The minimum Gasteiger partial charge on any atom is -0.294 e. The number of hydrogen-bond acceptors (Lipinski definition) is 2. The number of Topliss-reactive ketones (excluding diaryl/α,β-unsaturated/α-hetero) is 1. The first-order chi connectivity index (χ1) is 13.2. The van der Waals surface area contributed by atoms with Crippen LogP contribution in [0, 0.1) is 17.0 Å². The molecule has 2 aromatic carbocycles. The first-order valence-electron chi connectivity index (χ1n) is 9.35. The van der Waals surface area contributed by atoms with E-state index in [1.165, 1.54) is 24.3 Å². The summed E-state index contributed by atoms with van der Waals surface area (Å²) >= 11 is 0. The first-order valence-corrected chi connectivity index (χ1v) is 9.35. The number of carbonyl (C=O) groups is 2. The average Bonchev–Trinajstić information content (AvgIpc) is 2.61. The Bertz CT molecular complexity index is 992. The van der Waals surface area contributed by atoms with Gasteiger partial charge in [0.05, 0.1) is 0 Å². The summed E-state index contributed by atoms with van der Waals surface area (Å²) in [4.78, 5) is 27.8. The quantitative estimate of drug-likeness (QED) is 0.723. The molecule has 1 atom stereocenters. The fourth-order valence-corrected chi connectivity index (χ4v) is 4.31. The van der Waals surface area contributed by atoms with Crippen LogP contribution < -0.4 is 4.90 Å². The minimum atomic E-state index is -0.460. The lowest BCUT2D eigenvalue weighted by molar-refractivity contribution is -0.121. The predicted octanol–water partition coefficient (Wildman–Crippen LogP) is 5.13. The number of rotatable bonds is 2. The Kier molecular flexibility index (Phi) is 4.41. The zero-order valence-corrected chi connectivity index (χ0v) is 15.8. The maximum Gasteiger partial charge on any atom is 0.232 e. The van der Waals surface area contributed by atoms with Gasteiger partial charge in [0.2, 0.25) is 5.91 Å². The molecule has 1 aliphatic heterocycles. The van der Waals surface area contributed by atoms with Crippen LogP contribution in [0.25, 0.3) is 0 Å². The lowest BCUT2D eigenvalue weighted by Gasteiger charge is -2.43. The van der Waals surface area contributed by atoms with Gasteiger partial charge in [0.15, 0.2) is 5.78 Å².